The number of unbranched alkanes of at least 4 members (excludes halogenated alkanes) is 1. The van der Waals surface area contributed by atoms with Crippen LogP contribution in [0.15, 0.2) is 18.3 Å². The molecule has 0 atom stereocenters. The molecule has 1 aromatic heterocycles. The Morgan fingerprint density at radius 1 is 1.11 bits per heavy atom. The summed E-state index contributed by atoms with van der Waals surface area (Å²) in [5, 5.41) is 0. The number of rotatable bonds is 6. The molecule has 0 N–H and O–H groups in total. The lowest BCUT2D eigenvalue weighted by atomic mass is 9.78. The zero-order chi connectivity index (χ0) is 13.5. The largest absolute Gasteiger partial charge is 0.228 e. The number of aryl methyl sites for hydroxylation is 1. The van der Waals surface area contributed by atoms with Crippen LogP contribution in [-0.2, 0) is 6.42 Å². The van der Waals surface area contributed by atoms with Gasteiger partial charge in [0.15, 0.2) is 0 Å². The maximum absolute atomic E-state index is 12.7. The highest BCUT2D eigenvalue weighted by Crippen LogP contribution is 2.34. The van der Waals surface area contributed by atoms with E-state index < -0.39 is 0 Å². The molecular formula is C17H26FN. The Hall–Kier alpha value is -0.920. The third kappa shape index (κ3) is 4.93. The van der Waals surface area contributed by atoms with Crippen LogP contribution in [0.3, 0.4) is 0 Å². The third-order valence-corrected chi connectivity index (χ3v) is 4.56. The van der Waals surface area contributed by atoms with Gasteiger partial charge in [-0.3, -0.25) is 0 Å². The van der Waals surface area contributed by atoms with Gasteiger partial charge in [0.2, 0.25) is 5.95 Å². The molecule has 106 valence electrons. The average molecular weight is 263 g/mol. The smallest absolute Gasteiger partial charge is 0.212 e. The molecule has 0 saturated heterocycles. The van der Waals surface area contributed by atoms with Crippen molar-refractivity contribution in [2.45, 2.75) is 64.7 Å². The average Bonchev–Trinajstić information content (AvgIpc) is 2.46. The van der Waals surface area contributed by atoms with E-state index in [1.165, 1.54) is 63.0 Å². The van der Waals surface area contributed by atoms with Gasteiger partial charge in [-0.1, -0.05) is 57.9 Å². The van der Waals surface area contributed by atoms with Gasteiger partial charge in [0.05, 0.1) is 0 Å². The normalized spacial score (nSPS) is 23.5. The van der Waals surface area contributed by atoms with Crippen LogP contribution in [0.4, 0.5) is 4.39 Å². The summed E-state index contributed by atoms with van der Waals surface area (Å²) in [6, 6.07) is 3.34. The summed E-state index contributed by atoms with van der Waals surface area (Å²) in [5.41, 5.74) is 1.18. The zero-order valence-electron chi connectivity index (χ0n) is 12.1. The number of pyridine rings is 1. The van der Waals surface area contributed by atoms with Crippen molar-refractivity contribution in [3.8, 4) is 0 Å². The monoisotopic (exact) mass is 263 g/mol. The summed E-state index contributed by atoms with van der Waals surface area (Å²) in [6.07, 6.45) is 13.8. The molecular weight excluding hydrogens is 237 g/mol. The lowest BCUT2D eigenvalue weighted by Gasteiger charge is -2.28. The van der Waals surface area contributed by atoms with Gasteiger partial charge in [0.1, 0.15) is 0 Å². The van der Waals surface area contributed by atoms with Crippen LogP contribution in [0.25, 0.3) is 0 Å². The van der Waals surface area contributed by atoms with Gasteiger partial charge in [-0.15, -0.1) is 0 Å². The van der Waals surface area contributed by atoms with E-state index in [-0.39, 0.29) is 5.95 Å². The first-order valence-corrected chi connectivity index (χ1v) is 7.88. The predicted octanol–water partition coefficient (Wildman–Crippen LogP) is 5.15. The lowest BCUT2D eigenvalue weighted by Crippen LogP contribution is -2.15. The summed E-state index contributed by atoms with van der Waals surface area (Å²) >= 11 is 0. The van der Waals surface area contributed by atoms with Gasteiger partial charge in [-0.2, -0.15) is 4.39 Å². The Labute approximate surface area is 116 Å². The molecule has 0 aromatic carbocycles. The Kier molecular flexibility index (Phi) is 5.81. The van der Waals surface area contributed by atoms with E-state index in [2.05, 4.69) is 11.9 Å². The zero-order valence-corrected chi connectivity index (χ0v) is 12.1. The minimum Gasteiger partial charge on any atom is -0.228 e. The fourth-order valence-corrected chi connectivity index (χ4v) is 3.23. The van der Waals surface area contributed by atoms with Crippen LogP contribution < -0.4 is 0 Å². The molecule has 1 aliphatic rings. The first-order valence-electron chi connectivity index (χ1n) is 7.88. The highest BCUT2D eigenvalue weighted by atomic mass is 19.1. The second kappa shape index (κ2) is 7.62. The van der Waals surface area contributed by atoms with Gasteiger partial charge in [0.25, 0.3) is 0 Å². The van der Waals surface area contributed by atoms with Gasteiger partial charge < -0.3 is 0 Å². The van der Waals surface area contributed by atoms with Gasteiger partial charge in [0, 0.05) is 6.20 Å². The van der Waals surface area contributed by atoms with Crippen molar-refractivity contribution in [2.24, 2.45) is 11.8 Å². The molecule has 0 unspecified atom stereocenters. The van der Waals surface area contributed by atoms with Crippen LogP contribution >= 0.6 is 0 Å². The Morgan fingerprint density at radius 2 is 1.79 bits per heavy atom. The standard InChI is InChI=1S/C17H26FN/c1-2-3-4-14-5-7-15(8-6-14)9-10-16-11-12-17(18)19-13-16/h11-15H,2-10H2,1H3. The van der Waals surface area contributed by atoms with E-state index in [1.807, 2.05) is 6.07 Å². The molecule has 1 heterocycles. The van der Waals surface area contributed by atoms with E-state index in [0.29, 0.717) is 0 Å². The van der Waals surface area contributed by atoms with Crippen molar-refractivity contribution in [2.75, 3.05) is 0 Å². The highest BCUT2D eigenvalue weighted by molar-refractivity contribution is 5.09. The summed E-state index contributed by atoms with van der Waals surface area (Å²) in [5.74, 6) is 1.49. The van der Waals surface area contributed by atoms with Crippen molar-refractivity contribution in [1.82, 2.24) is 4.98 Å². The summed E-state index contributed by atoms with van der Waals surface area (Å²) in [4.78, 5) is 3.72. The van der Waals surface area contributed by atoms with Gasteiger partial charge in [-0.25, -0.2) is 4.98 Å². The molecule has 1 aliphatic carbocycles. The fourth-order valence-electron chi connectivity index (χ4n) is 3.23. The minimum atomic E-state index is -0.375. The molecule has 2 rings (SSSR count). The first-order chi connectivity index (χ1) is 9.28. The van der Waals surface area contributed by atoms with E-state index in [4.69, 9.17) is 0 Å². The Bertz CT molecular complexity index is 352. The molecule has 1 nitrogen and oxygen atoms in total. The topological polar surface area (TPSA) is 12.9 Å². The first kappa shape index (κ1) is 14.5. The van der Waals surface area contributed by atoms with Crippen molar-refractivity contribution in [3.63, 3.8) is 0 Å². The molecule has 0 amide bonds. The maximum atomic E-state index is 12.7. The molecule has 1 aromatic rings. The number of hydrogen-bond acceptors (Lipinski definition) is 1. The third-order valence-electron chi connectivity index (χ3n) is 4.56. The Balaban J connectivity index is 1.67. The van der Waals surface area contributed by atoms with Crippen molar-refractivity contribution in [1.29, 1.82) is 0 Å². The van der Waals surface area contributed by atoms with E-state index in [9.17, 15) is 4.39 Å². The molecule has 0 bridgehead atoms. The summed E-state index contributed by atoms with van der Waals surface area (Å²) in [7, 11) is 0. The lowest BCUT2D eigenvalue weighted by molar-refractivity contribution is 0.250. The summed E-state index contributed by atoms with van der Waals surface area (Å²) in [6.45, 7) is 2.28. The van der Waals surface area contributed by atoms with E-state index >= 15 is 0 Å². The molecule has 2 heteroatoms. The van der Waals surface area contributed by atoms with E-state index in [1.54, 1.807) is 6.20 Å². The van der Waals surface area contributed by atoms with Crippen LogP contribution in [0.2, 0.25) is 0 Å². The summed E-state index contributed by atoms with van der Waals surface area (Å²) < 4.78 is 12.7. The number of halogens is 1. The van der Waals surface area contributed by atoms with Crippen LogP contribution in [0.5, 0.6) is 0 Å². The molecule has 19 heavy (non-hydrogen) atoms. The maximum Gasteiger partial charge on any atom is 0.212 e. The van der Waals surface area contributed by atoms with Crippen LogP contribution in [0, 0.1) is 17.8 Å². The van der Waals surface area contributed by atoms with Crippen molar-refractivity contribution < 1.29 is 4.39 Å². The van der Waals surface area contributed by atoms with Crippen LogP contribution in [0.1, 0.15) is 63.9 Å². The fraction of sp³-hybridized carbons (Fsp3) is 0.706. The predicted molar refractivity (Wildman–Crippen MR) is 77.5 cm³/mol. The molecule has 1 saturated carbocycles. The molecule has 0 spiro atoms. The number of hydrogen-bond donors (Lipinski definition) is 0. The van der Waals surface area contributed by atoms with Crippen LogP contribution in [-0.4, -0.2) is 4.98 Å². The molecule has 0 aliphatic heterocycles. The number of nitrogens with zero attached hydrogens (tertiary/aromatic N) is 1. The van der Waals surface area contributed by atoms with Gasteiger partial charge in [-0.05, 0) is 36.3 Å². The molecule has 0 radical (unpaired) electrons. The van der Waals surface area contributed by atoms with Crippen molar-refractivity contribution in [3.05, 3.63) is 29.8 Å². The second-order valence-corrected chi connectivity index (χ2v) is 6.06. The minimum absolute atomic E-state index is 0.375. The Morgan fingerprint density at radius 3 is 2.37 bits per heavy atom. The molecule has 1 fully saturated rings. The van der Waals surface area contributed by atoms with Gasteiger partial charge >= 0.3 is 0 Å². The second-order valence-electron chi connectivity index (χ2n) is 6.06. The van der Waals surface area contributed by atoms with E-state index in [0.717, 1.165) is 18.3 Å². The van der Waals surface area contributed by atoms with Crippen molar-refractivity contribution >= 4 is 0 Å². The highest BCUT2D eigenvalue weighted by Gasteiger charge is 2.20. The number of aromatic nitrogens is 1. The quantitative estimate of drug-likeness (QED) is 0.647. The SMILES string of the molecule is CCCCC1CCC(CCc2ccc(F)nc2)CC1.